The molecule has 0 aromatic rings. The van der Waals surface area contributed by atoms with E-state index in [1.807, 2.05) is 13.8 Å². The first kappa shape index (κ1) is 16.2. The van der Waals surface area contributed by atoms with Crippen LogP contribution in [0.15, 0.2) is 0 Å². The molecule has 0 aromatic heterocycles. The molecule has 0 amide bonds. The molecular weight excluding hydrogens is 280 g/mol. The normalized spacial score (nSPS) is 34.5. The fourth-order valence-electron chi connectivity index (χ4n) is 2.44. The van der Waals surface area contributed by atoms with E-state index < -0.39 is 42.6 Å². The van der Waals surface area contributed by atoms with Crippen molar-refractivity contribution in [1.82, 2.24) is 0 Å². The van der Waals surface area contributed by atoms with Gasteiger partial charge in [-0.2, -0.15) is 0 Å². The first-order valence-corrected chi connectivity index (χ1v) is 7.40. The molecule has 7 heteroatoms. The Labute approximate surface area is 123 Å². The van der Waals surface area contributed by atoms with Gasteiger partial charge in [0.25, 0.3) is 0 Å². The van der Waals surface area contributed by atoms with Crippen LogP contribution >= 0.6 is 0 Å². The molecule has 0 aliphatic carbocycles. The maximum absolute atomic E-state index is 11.7. The molecule has 2 heterocycles. The first-order chi connectivity index (χ1) is 10.1. The van der Waals surface area contributed by atoms with Gasteiger partial charge in [-0.15, -0.1) is 0 Å². The van der Waals surface area contributed by atoms with E-state index in [-0.39, 0.29) is 19.4 Å². The van der Waals surface area contributed by atoms with E-state index in [9.17, 15) is 14.7 Å². The number of esters is 2. The van der Waals surface area contributed by atoms with Gasteiger partial charge in [0.1, 0.15) is 12.2 Å². The standard InChI is InChI=1S/C14H22O7/c1-3-5-9(15)20-12-11(17)8-7-18-14(19-8)13(12)21-10(16)6-4-2/h8,11-14,17H,3-7H2,1-2H3/t8-,11+,12+,13-,14-/m1/s1. The molecule has 2 aliphatic rings. The molecule has 0 unspecified atom stereocenters. The van der Waals surface area contributed by atoms with Gasteiger partial charge in [0, 0.05) is 12.8 Å². The van der Waals surface area contributed by atoms with Gasteiger partial charge in [-0.3, -0.25) is 9.59 Å². The number of fused-ring (bicyclic) bond motifs is 2. The topological polar surface area (TPSA) is 91.3 Å². The van der Waals surface area contributed by atoms with Crippen molar-refractivity contribution in [2.75, 3.05) is 6.61 Å². The van der Waals surface area contributed by atoms with Crippen molar-refractivity contribution < 1.29 is 33.6 Å². The van der Waals surface area contributed by atoms with Crippen molar-refractivity contribution in [1.29, 1.82) is 0 Å². The predicted octanol–water partition coefficient (Wildman–Crippen LogP) is 0.526. The molecule has 7 nitrogen and oxygen atoms in total. The summed E-state index contributed by atoms with van der Waals surface area (Å²) in [4.78, 5) is 23.4. The van der Waals surface area contributed by atoms with Gasteiger partial charge >= 0.3 is 11.9 Å². The summed E-state index contributed by atoms with van der Waals surface area (Å²) in [5, 5.41) is 10.2. The zero-order chi connectivity index (χ0) is 15.4. The lowest BCUT2D eigenvalue weighted by Crippen LogP contribution is -2.57. The van der Waals surface area contributed by atoms with Crippen molar-refractivity contribution in [2.45, 2.75) is 70.2 Å². The van der Waals surface area contributed by atoms with Crippen LogP contribution in [0, 0.1) is 0 Å². The van der Waals surface area contributed by atoms with Crippen LogP contribution in [0.3, 0.4) is 0 Å². The number of aliphatic hydroxyl groups is 1. The lowest BCUT2D eigenvalue weighted by molar-refractivity contribution is -0.247. The van der Waals surface area contributed by atoms with Gasteiger partial charge in [-0.1, -0.05) is 13.8 Å². The number of carbonyl (C=O) groups excluding carboxylic acids is 2. The van der Waals surface area contributed by atoms with E-state index in [1.165, 1.54) is 0 Å². The summed E-state index contributed by atoms with van der Waals surface area (Å²) < 4.78 is 21.4. The quantitative estimate of drug-likeness (QED) is 0.715. The molecule has 21 heavy (non-hydrogen) atoms. The summed E-state index contributed by atoms with van der Waals surface area (Å²) >= 11 is 0. The van der Waals surface area contributed by atoms with Gasteiger partial charge in [0.05, 0.1) is 6.61 Å². The second-order valence-corrected chi connectivity index (χ2v) is 5.28. The molecule has 2 aliphatic heterocycles. The highest BCUT2D eigenvalue weighted by Crippen LogP contribution is 2.32. The number of carbonyl (C=O) groups is 2. The fraction of sp³-hybridized carbons (Fsp3) is 0.857. The smallest absolute Gasteiger partial charge is 0.306 e. The summed E-state index contributed by atoms with van der Waals surface area (Å²) in [6.45, 7) is 3.90. The summed E-state index contributed by atoms with van der Waals surface area (Å²) in [6.07, 6.45) is -2.52. The highest BCUT2D eigenvalue weighted by molar-refractivity contribution is 5.70. The average Bonchev–Trinajstić information content (AvgIpc) is 2.87. The Morgan fingerprint density at radius 2 is 1.67 bits per heavy atom. The molecule has 0 aromatic carbocycles. The summed E-state index contributed by atoms with van der Waals surface area (Å²) in [5.74, 6) is -0.858. The van der Waals surface area contributed by atoms with E-state index in [4.69, 9.17) is 18.9 Å². The SMILES string of the molecule is CCCC(=O)O[C@H]1[C@@H]2OC[C@@H](O2)[C@H](O)[C@@H]1OC(=O)CCC. The number of aliphatic hydroxyl groups excluding tert-OH is 1. The van der Waals surface area contributed by atoms with Crippen molar-refractivity contribution in [3.8, 4) is 0 Å². The Morgan fingerprint density at radius 1 is 1.10 bits per heavy atom. The third-order valence-electron chi connectivity index (χ3n) is 3.49. The van der Waals surface area contributed by atoms with Crippen molar-refractivity contribution in [3.63, 3.8) is 0 Å². The number of hydrogen-bond donors (Lipinski definition) is 1. The zero-order valence-electron chi connectivity index (χ0n) is 12.3. The largest absolute Gasteiger partial charge is 0.455 e. The Hall–Kier alpha value is -1.18. The summed E-state index contributed by atoms with van der Waals surface area (Å²) in [7, 11) is 0. The molecular formula is C14H22O7. The van der Waals surface area contributed by atoms with Crippen LogP contribution in [0.5, 0.6) is 0 Å². The van der Waals surface area contributed by atoms with Crippen molar-refractivity contribution in [2.24, 2.45) is 0 Å². The Kier molecular flexibility index (Phi) is 5.55. The van der Waals surface area contributed by atoms with E-state index in [0.29, 0.717) is 12.8 Å². The number of ether oxygens (including phenoxy) is 4. The summed E-state index contributed by atoms with van der Waals surface area (Å²) in [6, 6.07) is 0. The highest BCUT2D eigenvalue weighted by atomic mass is 16.8. The molecule has 1 N–H and O–H groups in total. The lowest BCUT2D eigenvalue weighted by atomic mass is 10.0. The zero-order valence-corrected chi connectivity index (χ0v) is 12.3. The minimum atomic E-state index is -1.07. The van der Waals surface area contributed by atoms with Gasteiger partial charge < -0.3 is 24.1 Å². The number of hydrogen-bond acceptors (Lipinski definition) is 7. The molecule has 2 rings (SSSR count). The Balaban J connectivity index is 2.07. The molecule has 2 saturated heterocycles. The van der Waals surface area contributed by atoms with Crippen molar-refractivity contribution >= 4 is 11.9 Å². The van der Waals surface area contributed by atoms with Gasteiger partial charge in [-0.25, -0.2) is 0 Å². The Morgan fingerprint density at radius 3 is 2.24 bits per heavy atom. The van der Waals surface area contributed by atoms with Gasteiger partial charge in [0.2, 0.25) is 0 Å². The molecule has 0 spiro atoms. The predicted molar refractivity (Wildman–Crippen MR) is 70.2 cm³/mol. The molecule has 0 saturated carbocycles. The number of rotatable bonds is 6. The summed E-state index contributed by atoms with van der Waals surface area (Å²) in [5.41, 5.74) is 0. The van der Waals surface area contributed by atoms with Crippen LogP contribution in [0.1, 0.15) is 39.5 Å². The monoisotopic (exact) mass is 302 g/mol. The van der Waals surface area contributed by atoms with Crippen LogP contribution in [-0.4, -0.2) is 54.4 Å². The van der Waals surface area contributed by atoms with Gasteiger partial charge in [0.15, 0.2) is 18.5 Å². The van der Waals surface area contributed by atoms with Gasteiger partial charge in [-0.05, 0) is 12.8 Å². The molecule has 0 radical (unpaired) electrons. The highest BCUT2D eigenvalue weighted by Gasteiger charge is 2.54. The van der Waals surface area contributed by atoms with Crippen LogP contribution in [0.4, 0.5) is 0 Å². The third kappa shape index (κ3) is 3.72. The second kappa shape index (κ2) is 7.20. The van der Waals surface area contributed by atoms with Crippen LogP contribution in [0.2, 0.25) is 0 Å². The maximum atomic E-state index is 11.7. The minimum absolute atomic E-state index is 0.190. The molecule has 2 bridgehead atoms. The van der Waals surface area contributed by atoms with Crippen molar-refractivity contribution in [3.05, 3.63) is 0 Å². The lowest BCUT2D eigenvalue weighted by Gasteiger charge is -2.37. The molecule has 120 valence electrons. The Bertz CT molecular complexity index is 364. The van der Waals surface area contributed by atoms with E-state index in [2.05, 4.69) is 0 Å². The molecule has 2 fully saturated rings. The maximum Gasteiger partial charge on any atom is 0.306 e. The average molecular weight is 302 g/mol. The van der Waals surface area contributed by atoms with E-state index in [1.54, 1.807) is 0 Å². The van der Waals surface area contributed by atoms with Crippen LogP contribution in [-0.2, 0) is 28.5 Å². The second-order valence-electron chi connectivity index (χ2n) is 5.28. The first-order valence-electron chi connectivity index (χ1n) is 7.40. The third-order valence-corrected chi connectivity index (χ3v) is 3.49. The van der Waals surface area contributed by atoms with Crippen LogP contribution < -0.4 is 0 Å². The van der Waals surface area contributed by atoms with E-state index in [0.717, 1.165) is 0 Å². The minimum Gasteiger partial charge on any atom is -0.455 e. The fourth-order valence-corrected chi connectivity index (χ4v) is 2.44. The molecule has 5 atom stereocenters. The van der Waals surface area contributed by atoms with Crippen LogP contribution in [0.25, 0.3) is 0 Å². The van der Waals surface area contributed by atoms with E-state index >= 15 is 0 Å².